The van der Waals surface area contributed by atoms with E-state index in [0.29, 0.717) is 10.9 Å². The fourth-order valence-electron chi connectivity index (χ4n) is 2.08. The molecule has 0 amide bonds. The van der Waals surface area contributed by atoms with Gasteiger partial charge < -0.3 is 19.7 Å². The van der Waals surface area contributed by atoms with E-state index in [4.69, 9.17) is 0 Å². The van der Waals surface area contributed by atoms with Crippen LogP contribution in [-0.2, 0) is 4.79 Å². The third-order valence-electron chi connectivity index (χ3n) is 3.01. The van der Waals surface area contributed by atoms with Crippen LogP contribution in [-0.4, -0.2) is 49.7 Å². The molecule has 13 heavy (non-hydrogen) atoms. The number of piperazine rings is 1. The van der Waals surface area contributed by atoms with Crippen molar-refractivity contribution in [2.45, 2.75) is 19.4 Å². The molecule has 0 aromatic heterocycles. The number of hydrogen-bond donors (Lipinski definition) is 1. The normalized spacial score (nSPS) is 23.8. The molecule has 1 aliphatic heterocycles. The summed E-state index contributed by atoms with van der Waals surface area (Å²) in [5, 5.41) is 14.1. The second kappa shape index (κ2) is 4.07. The van der Waals surface area contributed by atoms with Gasteiger partial charge in [0, 0.05) is 19.5 Å². The lowest BCUT2D eigenvalue weighted by molar-refractivity contribution is -0.928. The molecule has 1 aliphatic rings. The zero-order valence-electron chi connectivity index (χ0n) is 8.38. The van der Waals surface area contributed by atoms with E-state index in [1.807, 2.05) is 14.0 Å². The number of nitrogens with zero attached hydrogens (tertiary/aromatic N) is 1. The van der Waals surface area contributed by atoms with Gasteiger partial charge in [-0.25, -0.2) is 0 Å². The molecule has 0 bridgehead atoms. The van der Waals surface area contributed by atoms with Gasteiger partial charge in [-0.2, -0.15) is 0 Å². The van der Waals surface area contributed by atoms with Crippen LogP contribution in [0.1, 0.15) is 13.3 Å². The summed E-state index contributed by atoms with van der Waals surface area (Å²) in [6, 6.07) is -0.345. The van der Waals surface area contributed by atoms with Gasteiger partial charge in [0.1, 0.15) is 6.04 Å². The van der Waals surface area contributed by atoms with Gasteiger partial charge in [-0.05, 0) is 0 Å². The van der Waals surface area contributed by atoms with Crippen molar-refractivity contribution in [2.75, 3.05) is 33.2 Å². The Hall–Kier alpha value is -0.610. The van der Waals surface area contributed by atoms with Crippen molar-refractivity contribution in [2.24, 2.45) is 0 Å². The first-order valence-electron chi connectivity index (χ1n) is 4.86. The molecule has 1 saturated heterocycles. The van der Waals surface area contributed by atoms with E-state index in [1.165, 1.54) is 0 Å². The Morgan fingerprint density at radius 2 is 2.08 bits per heavy atom. The largest absolute Gasteiger partial charge is 0.544 e. The molecule has 0 spiro atoms. The van der Waals surface area contributed by atoms with Crippen LogP contribution >= 0.6 is 0 Å². The van der Waals surface area contributed by atoms with E-state index in [1.54, 1.807) is 0 Å². The number of carbonyl (C=O) groups excluding carboxylic acids is 1. The highest BCUT2D eigenvalue weighted by Crippen LogP contribution is 2.14. The predicted octanol–water partition coefficient (Wildman–Crippen LogP) is -1.44. The molecule has 76 valence electrons. The number of carboxylic acid groups (broad SMARTS) is 1. The van der Waals surface area contributed by atoms with Gasteiger partial charge in [0.2, 0.25) is 0 Å². The molecular formula is C9H18N2O2. The SMILES string of the molecule is CCC(C(=O)[O-])[N+]1(C)CCNCC1. The highest BCUT2D eigenvalue weighted by atomic mass is 16.4. The van der Waals surface area contributed by atoms with E-state index in [2.05, 4.69) is 5.32 Å². The third-order valence-corrected chi connectivity index (χ3v) is 3.01. The molecule has 1 rings (SSSR count). The smallest absolute Gasteiger partial charge is 0.129 e. The molecule has 4 nitrogen and oxygen atoms in total. The van der Waals surface area contributed by atoms with Crippen LogP contribution in [0.25, 0.3) is 0 Å². The Morgan fingerprint density at radius 1 is 1.54 bits per heavy atom. The monoisotopic (exact) mass is 186 g/mol. The van der Waals surface area contributed by atoms with Crippen LogP contribution in [0.15, 0.2) is 0 Å². The third kappa shape index (κ3) is 2.19. The minimum absolute atomic E-state index is 0.345. The second-order valence-electron chi connectivity index (χ2n) is 3.92. The summed E-state index contributed by atoms with van der Waals surface area (Å²) in [6.07, 6.45) is 0.652. The van der Waals surface area contributed by atoms with Crippen molar-refractivity contribution in [3.05, 3.63) is 0 Å². The minimum atomic E-state index is -0.910. The van der Waals surface area contributed by atoms with Crippen molar-refractivity contribution >= 4 is 5.97 Å². The molecule has 1 fully saturated rings. The molecule has 0 aromatic carbocycles. The molecule has 1 atom stereocenters. The lowest BCUT2D eigenvalue weighted by Gasteiger charge is -2.44. The average molecular weight is 186 g/mol. The molecule has 1 unspecified atom stereocenters. The highest BCUT2D eigenvalue weighted by Gasteiger charge is 2.33. The lowest BCUT2D eigenvalue weighted by atomic mass is 10.1. The van der Waals surface area contributed by atoms with Crippen molar-refractivity contribution in [3.8, 4) is 0 Å². The zero-order chi connectivity index (χ0) is 9.90. The molecule has 0 radical (unpaired) electrons. The highest BCUT2D eigenvalue weighted by molar-refractivity contribution is 5.69. The summed E-state index contributed by atoms with van der Waals surface area (Å²) in [7, 11) is 2.00. The number of carboxylic acids is 1. The Morgan fingerprint density at radius 3 is 2.46 bits per heavy atom. The number of rotatable bonds is 3. The fourth-order valence-corrected chi connectivity index (χ4v) is 2.08. The van der Waals surface area contributed by atoms with E-state index in [-0.39, 0.29) is 6.04 Å². The van der Waals surface area contributed by atoms with Gasteiger partial charge in [0.25, 0.3) is 0 Å². The maximum absolute atomic E-state index is 10.9. The van der Waals surface area contributed by atoms with Crippen LogP contribution in [0.3, 0.4) is 0 Å². The van der Waals surface area contributed by atoms with Crippen molar-refractivity contribution in [3.63, 3.8) is 0 Å². The summed E-state index contributed by atoms with van der Waals surface area (Å²) in [5.41, 5.74) is 0. The predicted molar refractivity (Wildman–Crippen MR) is 47.9 cm³/mol. The quantitative estimate of drug-likeness (QED) is 0.549. The Labute approximate surface area is 79.1 Å². The van der Waals surface area contributed by atoms with Gasteiger partial charge in [0.05, 0.1) is 26.1 Å². The van der Waals surface area contributed by atoms with Crippen LogP contribution in [0.5, 0.6) is 0 Å². The standard InChI is InChI=1S/C9H18N2O2/c1-3-8(9(12)13)11(2)6-4-10-5-7-11/h8,10H,3-7H2,1-2H3. The van der Waals surface area contributed by atoms with Crippen LogP contribution in [0.4, 0.5) is 0 Å². The van der Waals surface area contributed by atoms with E-state index in [9.17, 15) is 9.90 Å². The van der Waals surface area contributed by atoms with E-state index >= 15 is 0 Å². The molecule has 0 saturated carbocycles. The first-order chi connectivity index (χ1) is 6.10. The summed E-state index contributed by atoms with van der Waals surface area (Å²) in [5.74, 6) is -0.910. The van der Waals surface area contributed by atoms with Crippen LogP contribution in [0, 0.1) is 0 Å². The maximum atomic E-state index is 10.9. The molecular weight excluding hydrogens is 168 g/mol. The number of carbonyl (C=O) groups is 1. The van der Waals surface area contributed by atoms with E-state index in [0.717, 1.165) is 26.2 Å². The number of likely N-dealkylation sites (N-methyl/N-ethyl adjacent to an activating group) is 1. The first-order valence-corrected chi connectivity index (χ1v) is 4.86. The fraction of sp³-hybridized carbons (Fsp3) is 0.889. The van der Waals surface area contributed by atoms with Crippen molar-refractivity contribution < 1.29 is 14.4 Å². The van der Waals surface area contributed by atoms with Crippen molar-refractivity contribution in [1.29, 1.82) is 0 Å². The first kappa shape index (κ1) is 10.5. The zero-order valence-corrected chi connectivity index (χ0v) is 8.38. The van der Waals surface area contributed by atoms with E-state index < -0.39 is 5.97 Å². The summed E-state index contributed by atoms with van der Waals surface area (Å²) >= 11 is 0. The van der Waals surface area contributed by atoms with Gasteiger partial charge in [-0.3, -0.25) is 0 Å². The average Bonchev–Trinajstić information content (AvgIpc) is 2.05. The molecule has 1 N–H and O–H groups in total. The Kier molecular flexibility index (Phi) is 3.27. The minimum Gasteiger partial charge on any atom is -0.544 e. The Bertz CT molecular complexity index is 188. The molecule has 0 aliphatic carbocycles. The van der Waals surface area contributed by atoms with Crippen molar-refractivity contribution in [1.82, 2.24) is 5.32 Å². The second-order valence-corrected chi connectivity index (χ2v) is 3.92. The molecule has 0 aromatic rings. The maximum Gasteiger partial charge on any atom is 0.129 e. The molecule has 4 heteroatoms. The summed E-state index contributed by atoms with van der Waals surface area (Å²) in [4.78, 5) is 10.9. The number of nitrogens with one attached hydrogen (secondary N) is 1. The number of aliphatic carboxylic acids is 1. The lowest BCUT2D eigenvalue weighted by Crippen LogP contribution is -2.65. The van der Waals surface area contributed by atoms with Crippen LogP contribution in [0.2, 0.25) is 0 Å². The van der Waals surface area contributed by atoms with Gasteiger partial charge >= 0.3 is 0 Å². The topological polar surface area (TPSA) is 52.2 Å². The summed E-state index contributed by atoms with van der Waals surface area (Å²) < 4.78 is 0.617. The van der Waals surface area contributed by atoms with Crippen LogP contribution < -0.4 is 10.4 Å². The molecule has 1 heterocycles. The van der Waals surface area contributed by atoms with Gasteiger partial charge in [0.15, 0.2) is 0 Å². The Balaban J connectivity index is 2.68. The van der Waals surface area contributed by atoms with Gasteiger partial charge in [-0.15, -0.1) is 0 Å². The van der Waals surface area contributed by atoms with Gasteiger partial charge in [-0.1, -0.05) is 6.92 Å². The summed E-state index contributed by atoms with van der Waals surface area (Å²) in [6.45, 7) is 5.48. The number of hydrogen-bond acceptors (Lipinski definition) is 3. The number of quaternary nitrogens is 1.